The second kappa shape index (κ2) is 6.90. The molecule has 0 atom stereocenters. The topological polar surface area (TPSA) is 42.0 Å². The lowest BCUT2D eigenvalue weighted by atomic mass is 10.1. The van der Waals surface area contributed by atoms with Gasteiger partial charge in [-0.25, -0.2) is 4.98 Å². The molecule has 104 valence electrons. The summed E-state index contributed by atoms with van der Waals surface area (Å²) in [5.41, 5.74) is 2.88. The first-order valence-corrected chi connectivity index (χ1v) is 8.30. The minimum Gasteiger partial charge on any atom is -0.307 e. The number of benzene rings is 1. The number of hydrogen-bond donors (Lipinski definition) is 1. The van der Waals surface area contributed by atoms with Gasteiger partial charge in [-0.15, -0.1) is 0 Å². The van der Waals surface area contributed by atoms with Crippen molar-refractivity contribution in [3.8, 4) is 0 Å². The molecule has 2 rings (SSSR count). The van der Waals surface area contributed by atoms with Crippen molar-refractivity contribution in [3.05, 3.63) is 57.7 Å². The Balaban J connectivity index is 2.09. The van der Waals surface area contributed by atoms with Crippen molar-refractivity contribution in [1.82, 2.24) is 4.98 Å². The summed E-state index contributed by atoms with van der Waals surface area (Å²) < 4.78 is 0.928. The van der Waals surface area contributed by atoms with Crippen LogP contribution in [0, 0.1) is 6.92 Å². The molecule has 3 nitrogen and oxygen atoms in total. The van der Waals surface area contributed by atoms with E-state index in [2.05, 4.69) is 32.5 Å². The molecular weight excluding hydrogens is 336 g/mol. The lowest BCUT2D eigenvalue weighted by Crippen LogP contribution is -2.13. The fourth-order valence-corrected chi connectivity index (χ4v) is 2.46. The van der Waals surface area contributed by atoms with E-state index < -0.39 is 0 Å². The van der Waals surface area contributed by atoms with Gasteiger partial charge < -0.3 is 5.32 Å². The zero-order chi connectivity index (χ0) is 14.5. The quantitative estimate of drug-likeness (QED) is 0.895. The van der Waals surface area contributed by atoms with Crippen LogP contribution in [-0.4, -0.2) is 17.1 Å². The minimum absolute atomic E-state index is 0.144. The Bertz CT molecular complexity index is 614. The molecule has 0 radical (unpaired) electrons. The van der Waals surface area contributed by atoms with Crippen LogP contribution in [-0.2, 0) is 5.75 Å². The number of amides is 1. The molecule has 0 unspecified atom stereocenters. The van der Waals surface area contributed by atoms with Crippen molar-refractivity contribution in [2.24, 2.45) is 0 Å². The Morgan fingerprint density at radius 2 is 2.05 bits per heavy atom. The van der Waals surface area contributed by atoms with E-state index in [9.17, 15) is 4.79 Å². The number of pyridine rings is 1. The molecule has 1 heterocycles. The number of aromatic nitrogens is 1. The van der Waals surface area contributed by atoms with Crippen LogP contribution in [0.3, 0.4) is 0 Å². The number of nitrogens with zero attached hydrogens (tertiary/aromatic N) is 1. The molecule has 0 aliphatic heterocycles. The lowest BCUT2D eigenvalue weighted by Gasteiger charge is -2.07. The standard InChI is InChI=1S/C15H15BrN2OS/c1-10-7-14(17-8-13(10)16)18-15(19)12-5-3-11(4-6-12)9-20-2/h3-8H,9H2,1-2H3,(H,17,18,19). The van der Waals surface area contributed by atoms with Crippen LogP contribution in [0.4, 0.5) is 5.82 Å². The average Bonchev–Trinajstić information content (AvgIpc) is 2.44. The van der Waals surface area contributed by atoms with E-state index in [0.717, 1.165) is 15.8 Å². The van der Waals surface area contributed by atoms with Gasteiger partial charge in [0.25, 0.3) is 5.91 Å². The van der Waals surface area contributed by atoms with Gasteiger partial charge in [0.05, 0.1) is 0 Å². The molecule has 20 heavy (non-hydrogen) atoms. The van der Waals surface area contributed by atoms with E-state index in [1.807, 2.05) is 37.3 Å². The zero-order valence-corrected chi connectivity index (χ0v) is 13.7. The molecule has 0 aliphatic carbocycles. The van der Waals surface area contributed by atoms with E-state index in [1.54, 1.807) is 18.0 Å². The molecule has 0 fully saturated rings. The van der Waals surface area contributed by atoms with Gasteiger partial charge in [0.15, 0.2) is 0 Å². The number of nitrogens with one attached hydrogen (secondary N) is 1. The summed E-state index contributed by atoms with van der Waals surface area (Å²) in [5.74, 6) is 1.37. The Kier molecular flexibility index (Phi) is 5.20. The van der Waals surface area contributed by atoms with E-state index in [-0.39, 0.29) is 5.91 Å². The Labute approximate surface area is 131 Å². The predicted octanol–water partition coefficient (Wildman–Crippen LogP) is 4.27. The fraction of sp³-hybridized carbons (Fsp3) is 0.200. The molecule has 5 heteroatoms. The highest BCUT2D eigenvalue weighted by Crippen LogP contribution is 2.18. The summed E-state index contributed by atoms with van der Waals surface area (Å²) in [4.78, 5) is 16.3. The maximum absolute atomic E-state index is 12.1. The van der Waals surface area contributed by atoms with Crippen LogP contribution >= 0.6 is 27.7 Å². The van der Waals surface area contributed by atoms with E-state index >= 15 is 0 Å². The number of carbonyl (C=O) groups excluding carboxylic acids is 1. The van der Waals surface area contributed by atoms with Crippen molar-refractivity contribution in [1.29, 1.82) is 0 Å². The second-order valence-electron chi connectivity index (χ2n) is 4.40. The van der Waals surface area contributed by atoms with E-state index in [1.165, 1.54) is 5.56 Å². The summed E-state index contributed by atoms with van der Waals surface area (Å²) in [7, 11) is 0. The third kappa shape index (κ3) is 3.84. The van der Waals surface area contributed by atoms with E-state index in [0.29, 0.717) is 11.4 Å². The Morgan fingerprint density at radius 1 is 1.35 bits per heavy atom. The van der Waals surface area contributed by atoms with Crippen LogP contribution < -0.4 is 5.32 Å². The van der Waals surface area contributed by atoms with Gasteiger partial charge >= 0.3 is 0 Å². The molecule has 1 amide bonds. The summed E-state index contributed by atoms with van der Waals surface area (Å²) in [5, 5.41) is 2.80. The van der Waals surface area contributed by atoms with Crippen LogP contribution in [0.15, 0.2) is 41.0 Å². The highest BCUT2D eigenvalue weighted by molar-refractivity contribution is 9.10. The van der Waals surface area contributed by atoms with Gasteiger partial charge in [-0.2, -0.15) is 11.8 Å². The SMILES string of the molecule is CSCc1ccc(C(=O)Nc2cc(C)c(Br)cn2)cc1. The smallest absolute Gasteiger partial charge is 0.256 e. The molecule has 0 spiro atoms. The number of hydrogen-bond acceptors (Lipinski definition) is 3. The molecule has 1 aromatic heterocycles. The largest absolute Gasteiger partial charge is 0.307 e. The van der Waals surface area contributed by atoms with Gasteiger partial charge in [-0.05, 0) is 58.4 Å². The maximum Gasteiger partial charge on any atom is 0.256 e. The van der Waals surface area contributed by atoms with Gasteiger partial charge in [-0.1, -0.05) is 12.1 Å². The van der Waals surface area contributed by atoms with Crippen LogP contribution in [0.5, 0.6) is 0 Å². The van der Waals surface area contributed by atoms with Crippen molar-refractivity contribution in [3.63, 3.8) is 0 Å². The number of thioether (sulfide) groups is 1. The summed E-state index contributed by atoms with van der Waals surface area (Å²) in [6.45, 7) is 1.96. The number of anilines is 1. The maximum atomic E-state index is 12.1. The van der Waals surface area contributed by atoms with Crippen LogP contribution in [0.1, 0.15) is 21.5 Å². The molecule has 0 saturated carbocycles. The van der Waals surface area contributed by atoms with Crippen molar-refractivity contribution in [2.45, 2.75) is 12.7 Å². The Hall–Kier alpha value is -1.33. The predicted molar refractivity (Wildman–Crippen MR) is 88.3 cm³/mol. The third-order valence-corrected chi connectivity index (χ3v) is 4.27. The fourth-order valence-electron chi connectivity index (χ4n) is 1.72. The average molecular weight is 351 g/mol. The molecule has 1 aromatic carbocycles. The van der Waals surface area contributed by atoms with Crippen molar-refractivity contribution >= 4 is 39.4 Å². The van der Waals surface area contributed by atoms with Crippen LogP contribution in [0.2, 0.25) is 0 Å². The first kappa shape index (κ1) is 15.1. The molecular formula is C15H15BrN2OS. The summed E-state index contributed by atoms with van der Waals surface area (Å²) in [6, 6.07) is 9.47. The second-order valence-corrected chi connectivity index (χ2v) is 6.12. The highest BCUT2D eigenvalue weighted by atomic mass is 79.9. The molecule has 0 aliphatic rings. The van der Waals surface area contributed by atoms with E-state index in [4.69, 9.17) is 0 Å². The molecule has 0 bridgehead atoms. The van der Waals surface area contributed by atoms with Crippen LogP contribution in [0.25, 0.3) is 0 Å². The number of rotatable bonds is 4. The molecule has 1 N–H and O–H groups in total. The first-order chi connectivity index (χ1) is 9.60. The monoisotopic (exact) mass is 350 g/mol. The summed E-state index contributed by atoms with van der Waals surface area (Å²) >= 11 is 5.15. The summed E-state index contributed by atoms with van der Waals surface area (Å²) in [6.07, 6.45) is 3.74. The number of aryl methyl sites for hydroxylation is 1. The lowest BCUT2D eigenvalue weighted by molar-refractivity contribution is 0.102. The van der Waals surface area contributed by atoms with Gasteiger partial charge in [0, 0.05) is 22.0 Å². The Morgan fingerprint density at radius 3 is 2.65 bits per heavy atom. The third-order valence-electron chi connectivity index (χ3n) is 2.82. The highest BCUT2D eigenvalue weighted by Gasteiger charge is 2.07. The normalized spacial score (nSPS) is 10.3. The number of carbonyl (C=O) groups is 1. The first-order valence-electron chi connectivity index (χ1n) is 6.11. The van der Waals surface area contributed by atoms with Gasteiger partial charge in [0.1, 0.15) is 5.82 Å². The van der Waals surface area contributed by atoms with Gasteiger partial charge in [-0.3, -0.25) is 4.79 Å². The van der Waals surface area contributed by atoms with Gasteiger partial charge in [0.2, 0.25) is 0 Å². The number of halogens is 1. The van der Waals surface area contributed by atoms with Crippen molar-refractivity contribution in [2.75, 3.05) is 11.6 Å². The zero-order valence-electron chi connectivity index (χ0n) is 11.3. The van der Waals surface area contributed by atoms with Crippen molar-refractivity contribution < 1.29 is 4.79 Å². The molecule has 0 saturated heterocycles. The molecule has 2 aromatic rings. The minimum atomic E-state index is -0.144.